The minimum absolute atomic E-state index is 0.174. The van der Waals surface area contributed by atoms with Crippen LogP contribution in [0.5, 0.6) is 0 Å². The highest BCUT2D eigenvalue weighted by Gasteiger charge is 2.28. The van der Waals surface area contributed by atoms with Crippen LogP contribution in [0, 0.1) is 5.92 Å². The van der Waals surface area contributed by atoms with Gasteiger partial charge in [0.05, 0.1) is 0 Å². The third kappa shape index (κ3) is 4.87. The number of ether oxygens (including phenoxy) is 1. The van der Waals surface area contributed by atoms with Gasteiger partial charge in [-0.1, -0.05) is 6.07 Å². The fraction of sp³-hybridized carbons (Fsp3) is 0.429. The second-order valence-corrected chi connectivity index (χ2v) is 5.63. The van der Waals surface area contributed by atoms with E-state index in [0.717, 1.165) is 4.88 Å². The van der Waals surface area contributed by atoms with Gasteiger partial charge < -0.3 is 10.1 Å². The smallest absolute Gasteiger partial charge is 0.331 e. The maximum Gasteiger partial charge on any atom is 0.331 e. The molecular formula is C14H17NO3S. The van der Waals surface area contributed by atoms with Crippen LogP contribution in [0.2, 0.25) is 0 Å². The molecule has 19 heavy (non-hydrogen) atoms. The molecule has 4 nitrogen and oxygen atoms in total. The number of esters is 1. The molecule has 5 heteroatoms. The fourth-order valence-electron chi connectivity index (χ4n) is 1.73. The minimum atomic E-state index is -0.498. The van der Waals surface area contributed by atoms with E-state index in [-0.39, 0.29) is 18.6 Å². The van der Waals surface area contributed by atoms with Gasteiger partial charge in [-0.2, -0.15) is 0 Å². The second kappa shape index (κ2) is 6.52. The average molecular weight is 279 g/mol. The Morgan fingerprint density at radius 3 is 3.00 bits per heavy atom. The van der Waals surface area contributed by atoms with Crippen molar-refractivity contribution < 1.29 is 14.3 Å². The first-order valence-corrected chi connectivity index (χ1v) is 7.21. The molecule has 0 aliphatic heterocycles. The Morgan fingerprint density at radius 2 is 2.37 bits per heavy atom. The zero-order chi connectivity index (χ0) is 13.7. The Hall–Kier alpha value is -1.62. The van der Waals surface area contributed by atoms with Crippen molar-refractivity contribution in [1.82, 2.24) is 5.32 Å². The summed E-state index contributed by atoms with van der Waals surface area (Å²) in [5, 5.41) is 4.76. The lowest BCUT2D eigenvalue weighted by atomic mass is 10.2. The molecule has 0 radical (unpaired) electrons. The molecule has 0 bridgehead atoms. The van der Waals surface area contributed by atoms with Crippen molar-refractivity contribution in [2.45, 2.75) is 25.8 Å². The number of amides is 1. The van der Waals surface area contributed by atoms with Crippen molar-refractivity contribution in [1.29, 1.82) is 0 Å². The maximum absolute atomic E-state index is 11.5. The van der Waals surface area contributed by atoms with Gasteiger partial charge in [-0.15, -0.1) is 11.3 Å². The SMILES string of the molecule is C[C@@H](NC(=O)COC(=O)/C=C/c1cccs1)C1CC1. The van der Waals surface area contributed by atoms with Crippen molar-refractivity contribution in [3.05, 3.63) is 28.5 Å². The van der Waals surface area contributed by atoms with E-state index < -0.39 is 5.97 Å². The number of hydrogen-bond donors (Lipinski definition) is 1. The maximum atomic E-state index is 11.5. The van der Waals surface area contributed by atoms with Crippen molar-refractivity contribution in [3.8, 4) is 0 Å². The van der Waals surface area contributed by atoms with Gasteiger partial charge in [0.1, 0.15) is 0 Å². The predicted molar refractivity (Wildman–Crippen MR) is 74.6 cm³/mol. The molecule has 1 N–H and O–H groups in total. The van der Waals surface area contributed by atoms with Gasteiger partial charge in [-0.25, -0.2) is 4.79 Å². The third-order valence-corrected chi connectivity index (χ3v) is 3.83. The molecule has 0 saturated heterocycles. The molecule has 1 fully saturated rings. The van der Waals surface area contributed by atoms with Gasteiger partial charge in [0, 0.05) is 17.0 Å². The van der Waals surface area contributed by atoms with E-state index in [1.54, 1.807) is 6.08 Å². The summed E-state index contributed by atoms with van der Waals surface area (Å²) in [7, 11) is 0. The van der Waals surface area contributed by atoms with Crippen molar-refractivity contribution in [2.24, 2.45) is 5.92 Å². The molecule has 1 atom stereocenters. The molecule has 1 aliphatic rings. The first kappa shape index (κ1) is 13.8. The molecule has 1 aromatic rings. The van der Waals surface area contributed by atoms with E-state index in [1.165, 1.54) is 30.3 Å². The molecule has 1 heterocycles. The van der Waals surface area contributed by atoms with Crippen LogP contribution in [0.3, 0.4) is 0 Å². The van der Waals surface area contributed by atoms with Crippen molar-refractivity contribution in [3.63, 3.8) is 0 Å². The van der Waals surface area contributed by atoms with Gasteiger partial charge >= 0.3 is 5.97 Å². The van der Waals surface area contributed by atoms with Gasteiger partial charge in [0.15, 0.2) is 6.61 Å². The van der Waals surface area contributed by atoms with Crippen LogP contribution in [0.1, 0.15) is 24.6 Å². The fourth-order valence-corrected chi connectivity index (χ4v) is 2.35. The normalized spacial score (nSPS) is 16.3. The molecule has 0 unspecified atom stereocenters. The van der Waals surface area contributed by atoms with Gasteiger partial charge in [0.25, 0.3) is 5.91 Å². The summed E-state index contributed by atoms with van der Waals surface area (Å²) in [5.74, 6) is -0.140. The number of hydrogen-bond acceptors (Lipinski definition) is 4. The minimum Gasteiger partial charge on any atom is -0.452 e. The Morgan fingerprint density at radius 1 is 1.58 bits per heavy atom. The highest BCUT2D eigenvalue weighted by Crippen LogP contribution is 2.32. The van der Waals surface area contributed by atoms with Crippen LogP contribution in [0.15, 0.2) is 23.6 Å². The Labute approximate surface area is 116 Å². The van der Waals surface area contributed by atoms with Crippen LogP contribution in [0.25, 0.3) is 6.08 Å². The van der Waals surface area contributed by atoms with Gasteiger partial charge in [-0.3, -0.25) is 4.79 Å². The van der Waals surface area contributed by atoms with Gasteiger partial charge in [-0.05, 0) is 43.2 Å². The standard InChI is InChI=1S/C14H17NO3S/c1-10(11-4-5-11)15-13(16)9-18-14(17)7-6-12-3-2-8-19-12/h2-3,6-8,10-11H,4-5,9H2,1H3,(H,15,16)/b7-6+/t10-/m1/s1. The number of nitrogens with one attached hydrogen (secondary N) is 1. The lowest BCUT2D eigenvalue weighted by Gasteiger charge is -2.12. The summed E-state index contributed by atoms with van der Waals surface area (Å²) in [4.78, 5) is 23.9. The van der Waals surface area contributed by atoms with E-state index in [9.17, 15) is 9.59 Å². The summed E-state index contributed by atoms with van der Waals surface area (Å²) < 4.78 is 4.87. The quantitative estimate of drug-likeness (QED) is 0.641. The highest BCUT2D eigenvalue weighted by atomic mass is 32.1. The lowest BCUT2D eigenvalue weighted by Crippen LogP contribution is -2.36. The van der Waals surface area contributed by atoms with Crippen LogP contribution in [-0.2, 0) is 14.3 Å². The summed E-state index contributed by atoms with van der Waals surface area (Å²) in [6, 6.07) is 3.98. The molecule has 1 aromatic heterocycles. The third-order valence-electron chi connectivity index (χ3n) is 2.99. The summed E-state index contributed by atoms with van der Waals surface area (Å²) in [5.41, 5.74) is 0. The monoisotopic (exact) mass is 279 g/mol. The van der Waals surface area contributed by atoms with E-state index in [2.05, 4.69) is 5.32 Å². The van der Waals surface area contributed by atoms with E-state index in [0.29, 0.717) is 5.92 Å². The first-order valence-electron chi connectivity index (χ1n) is 6.33. The van der Waals surface area contributed by atoms with Crippen LogP contribution >= 0.6 is 11.3 Å². The number of rotatable bonds is 6. The van der Waals surface area contributed by atoms with Crippen molar-refractivity contribution >= 4 is 29.3 Å². The van der Waals surface area contributed by atoms with E-state index >= 15 is 0 Å². The van der Waals surface area contributed by atoms with E-state index in [1.807, 2.05) is 24.4 Å². The second-order valence-electron chi connectivity index (χ2n) is 4.65. The number of carbonyl (C=O) groups excluding carboxylic acids is 2. The van der Waals surface area contributed by atoms with Crippen LogP contribution < -0.4 is 5.32 Å². The Kier molecular flexibility index (Phi) is 4.74. The number of carbonyl (C=O) groups is 2. The Balaban J connectivity index is 1.66. The summed E-state index contributed by atoms with van der Waals surface area (Å²) in [6.45, 7) is 1.76. The summed E-state index contributed by atoms with van der Waals surface area (Å²) in [6.07, 6.45) is 5.36. The molecule has 1 aliphatic carbocycles. The topological polar surface area (TPSA) is 55.4 Å². The molecule has 1 amide bonds. The van der Waals surface area contributed by atoms with Gasteiger partial charge in [0.2, 0.25) is 0 Å². The highest BCUT2D eigenvalue weighted by molar-refractivity contribution is 7.10. The zero-order valence-electron chi connectivity index (χ0n) is 10.8. The van der Waals surface area contributed by atoms with Crippen molar-refractivity contribution in [2.75, 3.05) is 6.61 Å². The van der Waals surface area contributed by atoms with E-state index in [4.69, 9.17) is 4.74 Å². The molecule has 0 spiro atoms. The summed E-state index contributed by atoms with van der Waals surface area (Å²) >= 11 is 1.53. The number of thiophene rings is 1. The average Bonchev–Trinajstić information content (AvgIpc) is 3.11. The first-order chi connectivity index (χ1) is 9.15. The molecule has 0 aromatic carbocycles. The van der Waals surface area contributed by atoms with Crippen LogP contribution in [-0.4, -0.2) is 24.5 Å². The largest absolute Gasteiger partial charge is 0.452 e. The Bertz CT molecular complexity index is 463. The molecule has 1 saturated carbocycles. The lowest BCUT2D eigenvalue weighted by molar-refractivity contribution is -0.144. The molecular weight excluding hydrogens is 262 g/mol. The molecule has 102 valence electrons. The van der Waals surface area contributed by atoms with Crippen LogP contribution in [0.4, 0.5) is 0 Å². The predicted octanol–water partition coefficient (Wildman–Crippen LogP) is 2.22. The zero-order valence-corrected chi connectivity index (χ0v) is 11.6. The molecule has 2 rings (SSSR count).